The summed E-state index contributed by atoms with van der Waals surface area (Å²) in [4.78, 5) is 31.8. The molecule has 4 rings (SSSR count). The second-order valence-electron chi connectivity index (χ2n) is 8.94. The standard InChI is InChI=1S/C23H27F3N4O3S/c24-23(25,26)16-3-1-2-15(10-16)21(32)28-12-20(31)29-17-6-9-30(13-17)18-4-7-22(33,8-5-18)19-11-27-14-34-19/h1-3,10-11,14,17-18,33H,4-9,12-13H2,(H,28,32)(H,29,31)/t17-,18?,22?/m1/s1. The first kappa shape index (κ1) is 24.6. The van der Waals surface area contributed by atoms with E-state index in [0.717, 1.165) is 48.9 Å². The molecule has 1 saturated carbocycles. The molecule has 7 nitrogen and oxygen atoms in total. The number of benzene rings is 1. The molecule has 1 aliphatic heterocycles. The average Bonchev–Trinajstić information content (AvgIpc) is 3.51. The van der Waals surface area contributed by atoms with E-state index in [9.17, 15) is 27.9 Å². The quantitative estimate of drug-likeness (QED) is 0.572. The smallest absolute Gasteiger partial charge is 0.384 e. The molecule has 3 N–H and O–H groups in total. The normalized spacial score (nSPS) is 25.8. The van der Waals surface area contributed by atoms with Crippen molar-refractivity contribution in [2.24, 2.45) is 0 Å². The molecule has 0 radical (unpaired) electrons. The molecule has 2 fully saturated rings. The second-order valence-corrected chi connectivity index (χ2v) is 9.82. The SMILES string of the molecule is O=C(CNC(=O)c1cccc(C(F)(F)F)c1)N[C@@H]1CCN(C2CCC(O)(c3cncs3)CC2)C1. The van der Waals surface area contributed by atoms with Crippen LogP contribution in [-0.2, 0) is 16.6 Å². The van der Waals surface area contributed by atoms with Gasteiger partial charge >= 0.3 is 6.18 Å². The molecule has 1 aromatic carbocycles. The van der Waals surface area contributed by atoms with Crippen LogP contribution in [0.1, 0.15) is 52.9 Å². The van der Waals surface area contributed by atoms with E-state index < -0.39 is 23.2 Å². The molecule has 34 heavy (non-hydrogen) atoms. The van der Waals surface area contributed by atoms with Gasteiger partial charge in [-0.05, 0) is 50.3 Å². The molecule has 1 aliphatic carbocycles. The molecule has 2 heterocycles. The summed E-state index contributed by atoms with van der Waals surface area (Å²) >= 11 is 1.47. The number of nitrogens with zero attached hydrogens (tertiary/aromatic N) is 2. The Bertz CT molecular complexity index is 1010. The Kier molecular flexibility index (Phi) is 7.25. The van der Waals surface area contributed by atoms with Crippen LogP contribution in [0, 0.1) is 0 Å². The largest absolute Gasteiger partial charge is 0.416 e. The van der Waals surface area contributed by atoms with Crippen LogP contribution in [0.4, 0.5) is 13.2 Å². The van der Waals surface area contributed by atoms with Gasteiger partial charge in [-0.25, -0.2) is 0 Å². The minimum Gasteiger partial charge on any atom is -0.384 e. The van der Waals surface area contributed by atoms with E-state index in [1.54, 1.807) is 11.7 Å². The highest BCUT2D eigenvalue weighted by Gasteiger charge is 2.39. The highest BCUT2D eigenvalue weighted by molar-refractivity contribution is 7.09. The Labute approximate surface area is 199 Å². The van der Waals surface area contributed by atoms with Crippen molar-refractivity contribution in [1.82, 2.24) is 20.5 Å². The number of aliphatic hydroxyl groups is 1. The third-order valence-electron chi connectivity index (χ3n) is 6.64. The van der Waals surface area contributed by atoms with Gasteiger partial charge in [0.15, 0.2) is 0 Å². The van der Waals surface area contributed by atoms with Crippen molar-refractivity contribution in [1.29, 1.82) is 0 Å². The number of alkyl halides is 3. The maximum Gasteiger partial charge on any atom is 0.416 e. The van der Waals surface area contributed by atoms with E-state index in [1.807, 2.05) is 0 Å². The molecule has 2 aromatic rings. The summed E-state index contributed by atoms with van der Waals surface area (Å²) in [5.41, 5.74) is -0.132. The molecule has 11 heteroatoms. The van der Waals surface area contributed by atoms with Crippen molar-refractivity contribution in [3.05, 3.63) is 52.0 Å². The van der Waals surface area contributed by atoms with Gasteiger partial charge in [0.2, 0.25) is 5.91 Å². The number of hydrogen-bond donors (Lipinski definition) is 3. The zero-order chi connectivity index (χ0) is 24.3. The number of amides is 2. The van der Waals surface area contributed by atoms with Crippen LogP contribution < -0.4 is 10.6 Å². The lowest BCUT2D eigenvalue weighted by molar-refractivity contribution is -0.137. The minimum absolute atomic E-state index is 0.0553. The van der Waals surface area contributed by atoms with Crippen LogP contribution in [0.25, 0.3) is 0 Å². The number of aromatic nitrogens is 1. The number of thiazole rings is 1. The van der Waals surface area contributed by atoms with E-state index in [1.165, 1.54) is 17.4 Å². The van der Waals surface area contributed by atoms with Gasteiger partial charge in [0.25, 0.3) is 5.91 Å². The zero-order valence-electron chi connectivity index (χ0n) is 18.5. The summed E-state index contributed by atoms with van der Waals surface area (Å²) in [7, 11) is 0. The summed E-state index contributed by atoms with van der Waals surface area (Å²) in [6, 6.07) is 4.38. The molecule has 184 valence electrons. The Morgan fingerprint density at radius 2 is 2.00 bits per heavy atom. The van der Waals surface area contributed by atoms with E-state index in [-0.39, 0.29) is 24.1 Å². The molecule has 2 amide bonds. The topological polar surface area (TPSA) is 94.6 Å². The lowest BCUT2D eigenvalue weighted by atomic mass is 9.81. The van der Waals surface area contributed by atoms with Crippen LogP contribution in [-0.4, -0.2) is 58.5 Å². The van der Waals surface area contributed by atoms with Gasteiger partial charge < -0.3 is 15.7 Å². The lowest BCUT2D eigenvalue weighted by Gasteiger charge is -2.39. The number of halogens is 3. The van der Waals surface area contributed by atoms with E-state index in [4.69, 9.17) is 0 Å². The number of hydrogen-bond acceptors (Lipinski definition) is 6. The van der Waals surface area contributed by atoms with Crippen LogP contribution in [0.15, 0.2) is 36.0 Å². The predicted molar refractivity (Wildman–Crippen MR) is 120 cm³/mol. The maximum atomic E-state index is 12.8. The van der Waals surface area contributed by atoms with Gasteiger partial charge in [0.1, 0.15) is 5.60 Å². The van der Waals surface area contributed by atoms with Crippen LogP contribution >= 0.6 is 11.3 Å². The van der Waals surface area contributed by atoms with Crippen molar-refractivity contribution < 1.29 is 27.9 Å². The fourth-order valence-corrected chi connectivity index (χ4v) is 5.53. The maximum absolute atomic E-state index is 12.8. The highest BCUT2D eigenvalue weighted by Crippen LogP contribution is 2.40. The summed E-state index contributed by atoms with van der Waals surface area (Å²) in [5, 5.41) is 16.2. The van der Waals surface area contributed by atoms with E-state index in [2.05, 4.69) is 20.5 Å². The monoisotopic (exact) mass is 496 g/mol. The Hall–Kier alpha value is -2.50. The fourth-order valence-electron chi connectivity index (χ4n) is 4.75. The Balaban J connectivity index is 1.21. The van der Waals surface area contributed by atoms with Crippen LogP contribution in [0.2, 0.25) is 0 Å². The highest BCUT2D eigenvalue weighted by atomic mass is 32.1. The molecular weight excluding hydrogens is 469 g/mol. The first-order chi connectivity index (χ1) is 16.1. The molecule has 0 unspecified atom stereocenters. The Morgan fingerprint density at radius 3 is 2.68 bits per heavy atom. The van der Waals surface area contributed by atoms with Crippen LogP contribution in [0.3, 0.4) is 0 Å². The molecule has 1 atom stereocenters. The summed E-state index contributed by atoms with van der Waals surface area (Å²) < 4.78 is 38.5. The summed E-state index contributed by atoms with van der Waals surface area (Å²) in [5.74, 6) is -1.11. The predicted octanol–water partition coefficient (Wildman–Crippen LogP) is 2.91. The average molecular weight is 497 g/mol. The van der Waals surface area contributed by atoms with Crippen molar-refractivity contribution in [2.75, 3.05) is 19.6 Å². The molecule has 0 bridgehead atoms. The Morgan fingerprint density at radius 1 is 1.24 bits per heavy atom. The molecule has 2 aliphatic rings. The summed E-state index contributed by atoms with van der Waals surface area (Å²) in [6.07, 6.45) is 1.05. The number of carbonyl (C=O) groups is 2. The zero-order valence-corrected chi connectivity index (χ0v) is 19.3. The molecule has 1 saturated heterocycles. The second kappa shape index (κ2) is 10.0. The van der Waals surface area contributed by atoms with Crippen molar-refractivity contribution >= 4 is 23.2 Å². The number of rotatable bonds is 6. The van der Waals surface area contributed by atoms with Gasteiger partial charge in [-0.1, -0.05) is 6.07 Å². The fraction of sp³-hybridized carbons (Fsp3) is 0.522. The van der Waals surface area contributed by atoms with E-state index >= 15 is 0 Å². The third-order valence-corrected chi connectivity index (χ3v) is 7.60. The van der Waals surface area contributed by atoms with Gasteiger partial charge in [-0.15, -0.1) is 11.3 Å². The first-order valence-electron chi connectivity index (χ1n) is 11.2. The van der Waals surface area contributed by atoms with Gasteiger partial charge in [-0.3, -0.25) is 19.5 Å². The first-order valence-corrected chi connectivity index (χ1v) is 12.1. The number of likely N-dealkylation sites (tertiary alicyclic amines) is 1. The van der Waals surface area contributed by atoms with Gasteiger partial charge in [0, 0.05) is 36.9 Å². The number of nitrogens with one attached hydrogen (secondary N) is 2. The van der Waals surface area contributed by atoms with E-state index in [0.29, 0.717) is 25.4 Å². The molecular formula is C23H27F3N4O3S. The minimum atomic E-state index is -4.54. The van der Waals surface area contributed by atoms with Gasteiger partial charge in [0.05, 0.1) is 22.5 Å². The van der Waals surface area contributed by atoms with Crippen molar-refractivity contribution in [3.63, 3.8) is 0 Å². The third kappa shape index (κ3) is 5.76. The van der Waals surface area contributed by atoms with Crippen molar-refractivity contribution in [2.45, 2.75) is 56.0 Å². The van der Waals surface area contributed by atoms with Crippen molar-refractivity contribution in [3.8, 4) is 0 Å². The number of carbonyl (C=O) groups excluding carboxylic acids is 2. The molecule has 1 aromatic heterocycles. The van der Waals surface area contributed by atoms with Crippen LogP contribution in [0.5, 0.6) is 0 Å². The lowest BCUT2D eigenvalue weighted by Crippen LogP contribution is -2.45. The van der Waals surface area contributed by atoms with Gasteiger partial charge in [-0.2, -0.15) is 13.2 Å². The summed E-state index contributed by atoms with van der Waals surface area (Å²) in [6.45, 7) is 1.22. The molecule has 0 spiro atoms.